The smallest absolute Gasteiger partial charge is 0.00923 e. The zero-order chi connectivity index (χ0) is 52.4. The molecule has 0 heterocycles. The van der Waals surface area contributed by atoms with Gasteiger partial charge in [0.1, 0.15) is 0 Å². The molecule has 0 saturated heterocycles. The van der Waals surface area contributed by atoms with Crippen LogP contribution in [-0.2, 0) is 0 Å². The molecule has 0 fully saturated rings. The molecule has 16 aromatic carbocycles. The van der Waals surface area contributed by atoms with Crippen molar-refractivity contribution in [2.24, 2.45) is 0 Å². The highest BCUT2D eigenvalue weighted by Crippen LogP contribution is 2.54. The van der Waals surface area contributed by atoms with E-state index in [1.54, 1.807) is 0 Å². The Labute approximate surface area is 463 Å². The first kappa shape index (κ1) is 44.7. The number of benzene rings is 16. The lowest BCUT2D eigenvalue weighted by Crippen LogP contribution is -1.98. The molecular formula is C80H48. The average Bonchev–Trinajstić information content (AvgIpc) is 3.58. The van der Waals surface area contributed by atoms with Gasteiger partial charge in [-0.3, -0.25) is 0 Å². The fraction of sp³-hybridized carbons (Fsp3) is 0. The van der Waals surface area contributed by atoms with Gasteiger partial charge in [0.2, 0.25) is 0 Å². The molecule has 0 bridgehead atoms. The molecule has 0 N–H and O–H groups in total. The first-order chi connectivity index (χ1) is 39.6. The van der Waals surface area contributed by atoms with Gasteiger partial charge >= 0.3 is 0 Å². The fourth-order valence-corrected chi connectivity index (χ4v) is 13.5. The van der Waals surface area contributed by atoms with Gasteiger partial charge in [0, 0.05) is 0 Å². The summed E-state index contributed by atoms with van der Waals surface area (Å²) in [6.07, 6.45) is 0. The van der Waals surface area contributed by atoms with Crippen molar-refractivity contribution in [1.82, 2.24) is 0 Å². The molecule has 0 radical (unpaired) electrons. The lowest BCUT2D eigenvalue weighted by Gasteiger charge is -2.25. The molecule has 0 aliphatic heterocycles. The van der Waals surface area contributed by atoms with Gasteiger partial charge < -0.3 is 0 Å². The van der Waals surface area contributed by atoms with E-state index in [2.05, 4.69) is 291 Å². The molecule has 0 spiro atoms. The number of hydrogen-bond donors (Lipinski definition) is 0. The maximum absolute atomic E-state index is 2.48. The van der Waals surface area contributed by atoms with Crippen molar-refractivity contribution >= 4 is 86.2 Å². The topological polar surface area (TPSA) is 0 Å². The van der Waals surface area contributed by atoms with E-state index in [1.807, 2.05) is 0 Å². The SMILES string of the molecule is c1ccc2cc3c(cc2c1)-c1cc2ccccc2cc1-c1cc2ccccc2cc1-c1cc2ccccc2cc1-c1cc2ccccc2cc1-c1cc2ccccc2cc1-c1cc2ccccc2cc1-c1cc2ccccc2cc1-3. The summed E-state index contributed by atoms with van der Waals surface area (Å²) in [7, 11) is 0. The standard InChI is InChI=1S/C80H48/c1-2-18-50-34-66-65(33-49(50)17-1)67-35-51-19-3-4-21-53(51)37-69(67)71-39-55-23-7-8-25-57(55)41-73(71)75-43-59-27-11-12-29-61(59)45-77(75)79-47-63-31-15-16-32-64(63)48-80(79)78-46-62-30-14-13-28-60(62)44-76(78)74-42-58-26-10-9-24-56(58)40-72(74)70-38-54-22-6-5-20-52(54)36-68(66)70/h1-48H. The monoisotopic (exact) mass is 1010 g/mol. The van der Waals surface area contributed by atoms with Crippen LogP contribution in [0.15, 0.2) is 291 Å². The van der Waals surface area contributed by atoms with Gasteiger partial charge in [0.25, 0.3) is 0 Å². The van der Waals surface area contributed by atoms with E-state index in [1.165, 1.54) is 175 Å². The Balaban J connectivity index is 1.14. The summed E-state index contributed by atoms with van der Waals surface area (Å²) in [5.41, 5.74) is 19.1. The molecular weight excluding hydrogens is 961 g/mol. The quantitative estimate of drug-likeness (QED) is 0.142. The van der Waals surface area contributed by atoms with E-state index in [-0.39, 0.29) is 0 Å². The minimum atomic E-state index is 1.19. The van der Waals surface area contributed by atoms with Crippen molar-refractivity contribution in [3.8, 4) is 89.0 Å². The van der Waals surface area contributed by atoms with Crippen LogP contribution in [-0.4, -0.2) is 0 Å². The summed E-state index contributed by atoms with van der Waals surface area (Å²) in [6, 6.07) is 111. The number of hydrogen-bond acceptors (Lipinski definition) is 0. The molecule has 0 aromatic heterocycles. The first-order valence-corrected chi connectivity index (χ1v) is 27.9. The van der Waals surface area contributed by atoms with Crippen molar-refractivity contribution in [1.29, 1.82) is 0 Å². The lowest BCUT2D eigenvalue weighted by atomic mass is 9.78. The largest absolute Gasteiger partial charge is 0.0616 e. The van der Waals surface area contributed by atoms with Gasteiger partial charge in [0.15, 0.2) is 0 Å². The second-order valence-electron chi connectivity index (χ2n) is 22.0. The average molecular weight is 1010 g/mol. The van der Waals surface area contributed by atoms with Gasteiger partial charge in [-0.25, -0.2) is 0 Å². The molecule has 1 aliphatic rings. The van der Waals surface area contributed by atoms with Gasteiger partial charge in [-0.15, -0.1) is 0 Å². The summed E-state index contributed by atoms with van der Waals surface area (Å²) < 4.78 is 0. The Morgan fingerprint density at radius 3 is 0.212 bits per heavy atom. The van der Waals surface area contributed by atoms with Gasteiger partial charge in [-0.1, -0.05) is 194 Å². The zero-order valence-electron chi connectivity index (χ0n) is 43.7. The minimum absolute atomic E-state index is 1.19. The maximum atomic E-state index is 2.48. The van der Waals surface area contributed by atoms with E-state index >= 15 is 0 Å². The van der Waals surface area contributed by atoms with Crippen LogP contribution in [0.2, 0.25) is 0 Å². The van der Waals surface area contributed by atoms with Gasteiger partial charge in [0.05, 0.1) is 0 Å². The summed E-state index contributed by atoms with van der Waals surface area (Å²) in [4.78, 5) is 0. The molecule has 368 valence electrons. The van der Waals surface area contributed by atoms with Crippen molar-refractivity contribution in [3.05, 3.63) is 291 Å². The molecule has 16 aromatic rings. The van der Waals surface area contributed by atoms with Crippen LogP contribution in [0, 0.1) is 0 Å². The van der Waals surface area contributed by atoms with Crippen molar-refractivity contribution in [2.45, 2.75) is 0 Å². The van der Waals surface area contributed by atoms with Crippen molar-refractivity contribution in [2.75, 3.05) is 0 Å². The lowest BCUT2D eigenvalue weighted by molar-refractivity contribution is 1.57. The highest BCUT2D eigenvalue weighted by molar-refractivity contribution is 6.15. The second-order valence-corrected chi connectivity index (χ2v) is 22.0. The van der Waals surface area contributed by atoms with Gasteiger partial charge in [-0.05, 0) is 272 Å². The molecule has 17 rings (SSSR count). The van der Waals surface area contributed by atoms with Crippen LogP contribution in [0.1, 0.15) is 0 Å². The molecule has 0 saturated carbocycles. The van der Waals surface area contributed by atoms with Crippen LogP contribution < -0.4 is 0 Å². The Kier molecular flexibility index (Phi) is 9.81. The highest BCUT2D eigenvalue weighted by Gasteiger charge is 2.27. The third kappa shape index (κ3) is 7.09. The summed E-state index contributed by atoms with van der Waals surface area (Å²) in [5, 5.41) is 19.2. The van der Waals surface area contributed by atoms with Crippen molar-refractivity contribution in [3.63, 3.8) is 0 Å². The molecule has 0 amide bonds. The Bertz CT molecular complexity index is 3920. The Morgan fingerprint density at radius 2 is 0.150 bits per heavy atom. The number of fused-ring (bicyclic) bond motifs is 24. The molecule has 1 aliphatic carbocycles. The van der Waals surface area contributed by atoms with Crippen LogP contribution in [0.4, 0.5) is 0 Å². The van der Waals surface area contributed by atoms with Crippen LogP contribution in [0.25, 0.3) is 175 Å². The van der Waals surface area contributed by atoms with E-state index in [4.69, 9.17) is 0 Å². The summed E-state index contributed by atoms with van der Waals surface area (Å²) in [6.45, 7) is 0. The zero-order valence-corrected chi connectivity index (χ0v) is 43.7. The van der Waals surface area contributed by atoms with Gasteiger partial charge in [-0.2, -0.15) is 0 Å². The van der Waals surface area contributed by atoms with Crippen LogP contribution in [0.3, 0.4) is 0 Å². The van der Waals surface area contributed by atoms with Crippen molar-refractivity contribution < 1.29 is 0 Å². The normalized spacial score (nSPS) is 12.0. The molecule has 0 heteroatoms. The highest BCUT2D eigenvalue weighted by atomic mass is 14.3. The predicted molar refractivity (Wildman–Crippen MR) is 344 cm³/mol. The minimum Gasteiger partial charge on any atom is -0.0616 e. The van der Waals surface area contributed by atoms with E-state index < -0.39 is 0 Å². The third-order valence-electron chi connectivity index (χ3n) is 17.4. The number of rotatable bonds is 0. The molecule has 0 unspecified atom stereocenters. The molecule has 0 nitrogen and oxygen atoms in total. The maximum Gasteiger partial charge on any atom is -0.00923 e. The Hall–Kier alpha value is -10.4. The van der Waals surface area contributed by atoms with E-state index in [9.17, 15) is 0 Å². The Morgan fingerprint density at radius 1 is 0.0875 bits per heavy atom. The van der Waals surface area contributed by atoms with E-state index in [0.29, 0.717) is 0 Å². The van der Waals surface area contributed by atoms with Crippen LogP contribution in [0.5, 0.6) is 0 Å². The summed E-state index contributed by atoms with van der Waals surface area (Å²) >= 11 is 0. The second kappa shape index (κ2) is 17.6. The summed E-state index contributed by atoms with van der Waals surface area (Å²) in [5.74, 6) is 0. The molecule has 0 atom stereocenters. The van der Waals surface area contributed by atoms with E-state index in [0.717, 1.165) is 0 Å². The first-order valence-electron chi connectivity index (χ1n) is 27.9. The van der Waals surface area contributed by atoms with Crippen LogP contribution >= 0.6 is 0 Å². The third-order valence-corrected chi connectivity index (χ3v) is 17.4. The molecule has 80 heavy (non-hydrogen) atoms. The fourth-order valence-electron chi connectivity index (χ4n) is 13.5. The predicted octanol–water partition coefficient (Wildman–Crippen LogP) is 22.6.